The Morgan fingerprint density at radius 3 is 2.23 bits per heavy atom. The Morgan fingerprint density at radius 2 is 1.77 bits per heavy atom. The van der Waals surface area contributed by atoms with E-state index < -0.39 is 27.8 Å². The summed E-state index contributed by atoms with van der Waals surface area (Å²) in [6.45, 7) is 0. The number of alkyl halides is 3. The number of aromatic hydroxyl groups is 1. The van der Waals surface area contributed by atoms with Gasteiger partial charge in [0, 0.05) is 0 Å². The van der Waals surface area contributed by atoms with E-state index in [0.29, 0.717) is 6.07 Å². The lowest BCUT2D eigenvalue weighted by Gasteiger charge is -2.09. The van der Waals surface area contributed by atoms with E-state index in [2.05, 4.69) is 15.9 Å². The smallest absolute Gasteiger partial charge is 0.419 e. The van der Waals surface area contributed by atoms with Gasteiger partial charge in [-0.25, -0.2) is 4.39 Å². The largest absolute Gasteiger partial charge is 0.507 e. The molecule has 1 nitrogen and oxygen atoms in total. The lowest BCUT2D eigenvalue weighted by Crippen LogP contribution is -2.08. The molecule has 1 rings (SSSR count). The minimum Gasteiger partial charge on any atom is -0.507 e. The van der Waals surface area contributed by atoms with Gasteiger partial charge in [-0.1, -0.05) is 0 Å². The van der Waals surface area contributed by atoms with Gasteiger partial charge in [0.1, 0.15) is 5.75 Å². The molecule has 1 N–H and O–H groups in total. The summed E-state index contributed by atoms with van der Waals surface area (Å²) >= 11 is 2.50. The number of hydrogen-bond acceptors (Lipinski definition) is 1. The summed E-state index contributed by atoms with van der Waals surface area (Å²) in [5.74, 6) is -2.07. The Balaban J connectivity index is 3.35. The second-order valence-corrected chi connectivity index (χ2v) is 3.05. The zero-order valence-corrected chi connectivity index (χ0v) is 7.58. The van der Waals surface area contributed by atoms with Crippen LogP contribution in [0.2, 0.25) is 0 Å². The highest BCUT2D eigenvalue weighted by atomic mass is 79.9. The Bertz CT molecular complexity index is 334. The Morgan fingerprint density at radius 1 is 1.23 bits per heavy atom. The van der Waals surface area contributed by atoms with Crippen molar-refractivity contribution in [2.45, 2.75) is 6.18 Å². The number of phenols is 1. The molecule has 13 heavy (non-hydrogen) atoms. The van der Waals surface area contributed by atoms with Gasteiger partial charge in [0.25, 0.3) is 0 Å². The molecule has 0 aromatic heterocycles. The lowest BCUT2D eigenvalue weighted by molar-refractivity contribution is -0.140. The normalized spacial score (nSPS) is 11.8. The van der Waals surface area contributed by atoms with Crippen molar-refractivity contribution in [3.63, 3.8) is 0 Å². The van der Waals surface area contributed by atoms with Crippen molar-refractivity contribution >= 4 is 15.9 Å². The molecule has 0 aliphatic heterocycles. The highest BCUT2D eigenvalue weighted by molar-refractivity contribution is 9.10. The van der Waals surface area contributed by atoms with Gasteiger partial charge in [0.15, 0.2) is 5.82 Å². The first-order valence-corrected chi connectivity index (χ1v) is 3.87. The molecule has 0 spiro atoms. The molecule has 0 saturated carbocycles. The van der Waals surface area contributed by atoms with E-state index >= 15 is 0 Å². The fourth-order valence-corrected chi connectivity index (χ4v) is 1.10. The molecular weight excluding hydrogens is 256 g/mol. The number of hydrogen-bond donors (Lipinski definition) is 1. The topological polar surface area (TPSA) is 20.2 Å². The van der Waals surface area contributed by atoms with Crippen molar-refractivity contribution < 1.29 is 22.7 Å². The second kappa shape index (κ2) is 3.17. The summed E-state index contributed by atoms with van der Waals surface area (Å²) in [4.78, 5) is 0. The van der Waals surface area contributed by atoms with E-state index in [1.807, 2.05) is 0 Å². The molecule has 0 aliphatic rings. The van der Waals surface area contributed by atoms with Crippen LogP contribution in [0.3, 0.4) is 0 Å². The van der Waals surface area contributed by atoms with Crippen LogP contribution in [0.4, 0.5) is 17.6 Å². The SMILES string of the molecule is Oc1ccc(C(F)(F)F)c(F)c1Br. The van der Waals surface area contributed by atoms with Crippen LogP contribution in [-0.2, 0) is 6.18 Å². The van der Waals surface area contributed by atoms with Crippen LogP contribution < -0.4 is 0 Å². The van der Waals surface area contributed by atoms with Gasteiger partial charge < -0.3 is 5.11 Å². The third kappa shape index (κ3) is 1.93. The molecule has 0 amide bonds. The molecule has 0 bridgehead atoms. The number of rotatable bonds is 0. The van der Waals surface area contributed by atoms with Crippen LogP contribution in [0, 0.1) is 5.82 Å². The van der Waals surface area contributed by atoms with Crippen molar-refractivity contribution in [1.29, 1.82) is 0 Å². The molecule has 0 unspecified atom stereocenters. The van der Waals surface area contributed by atoms with Gasteiger partial charge in [-0.2, -0.15) is 13.2 Å². The maximum absolute atomic E-state index is 12.8. The highest BCUT2D eigenvalue weighted by Crippen LogP contribution is 2.37. The summed E-state index contributed by atoms with van der Waals surface area (Å²) in [5.41, 5.74) is -1.41. The standard InChI is InChI=1S/C7H3BrF4O/c8-5-4(13)2-1-3(6(5)9)7(10,11)12/h1-2,13H. The van der Waals surface area contributed by atoms with Crippen molar-refractivity contribution in [1.82, 2.24) is 0 Å². The average molecular weight is 259 g/mol. The first-order valence-electron chi connectivity index (χ1n) is 3.08. The summed E-state index contributed by atoms with van der Waals surface area (Å²) in [6, 6.07) is 1.26. The molecule has 0 saturated heterocycles. The van der Waals surface area contributed by atoms with Gasteiger partial charge in [-0.05, 0) is 28.1 Å². The van der Waals surface area contributed by atoms with E-state index in [1.165, 1.54) is 0 Å². The quantitative estimate of drug-likeness (QED) is 0.708. The highest BCUT2D eigenvalue weighted by Gasteiger charge is 2.35. The average Bonchev–Trinajstić information content (AvgIpc) is 1.98. The molecule has 0 heterocycles. The minimum atomic E-state index is -4.75. The molecular formula is C7H3BrF4O. The third-order valence-corrected chi connectivity index (χ3v) is 2.12. The summed E-state index contributed by atoms with van der Waals surface area (Å²) in [7, 11) is 0. The van der Waals surface area contributed by atoms with Crippen LogP contribution in [0.25, 0.3) is 0 Å². The van der Waals surface area contributed by atoms with E-state index in [4.69, 9.17) is 5.11 Å². The van der Waals surface area contributed by atoms with Crippen molar-refractivity contribution in [3.05, 3.63) is 28.0 Å². The monoisotopic (exact) mass is 258 g/mol. The number of halogens is 5. The lowest BCUT2D eigenvalue weighted by atomic mass is 10.2. The van der Waals surface area contributed by atoms with Crippen molar-refractivity contribution in [2.75, 3.05) is 0 Å². The van der Waals surface area contributed by atoms with Crippen molar-refractivity contribution in [3.8, 4) is 5.75 Å². The summed E-state index contributed by atoms with van der Waals surface area (Å²) in [6.07, 6.45) is -4.75. The van der Waals surface area contributed by atoms with Gasteiger partial charge in [0.05, 0.1) is 10.0 Å². The third-order valence-electron chi connectivity index (χ3n) is 1.37. The van der Waals surface area contributed by atoms with Crippen LogP contribution in [0.5, 0.6) is 5.75 Å². The van der Waals surface area contributed by atoms with E-state index in [-0.39, 0.29) is 0 Å². The molecule has 0 atom stereocenters. The predicted molar refractivity (Wildman–Crippen MR) is 40.8 cm³/mol. The first-order chi connectivity index (χ1) is 5.84. The zero-order chi connectivity index (χ0) is 10.2. The zero-order valence-electron chi connectivity index (χ0n) is 5.99. The van der Waals surface area contributed by atoms with Gasteiger partial charge in [-0.15, -0.1) is 0 Å². The van der Waals surface area contributed by atoms with E-state index in [1.54, 1.807) is 0 Å². The van der Waals surface area contributed by atoms with E-state index in [0.717, 1.165) is 6.07 Å². The Kier molecular flexibility index (Phi) is 2.51. The predicted octanol–water partition coefficient (Wildman–Crippen LogP) is 3.31. The van der Waals surface area contributed by atoms with Gasteiger partial charge in [0.2, 0.25) is 0 Å². The number of benzene rings is 1. The fourth-order valence-electron chi connectivity index (χ4n) is 0.758. The molecule has 72 valence electrons. The first kappa shape index (κ1) is 10.3. The van der Waals surface area contributed by atoms with Crippen LogP contribution in [-0.4, -0.2) is 5.11 Å². The molecule has 0 fully saturated rings. The van der Waals surface area contributed by atoms with Gasteiger partial charge >= 0.3 is 6.18 Å². The summed E-state index contributed by atoms with van der Waals surface area (Å²) in [5, 5.41) is 8.84. The van der Waals surface area contributed by atoms with E-state index in [9.17, 15) is 17.6 Å². The summed E-state index contributed by atoms with van der Waals surface area (Å²) < 4.78 is 48.3. The molecule has 1 aromatic rings. The molecule has 0 radical (unpaired) electrons. The molecule has 6 heteroatoms. The maximum atomic E-state index is 12.8. The van der Waals surface area contributed by atoms with Crippen LogP contribution in [0.15, 0.2) is 16.6 Å². The minimum absolute atomic E-state index is 0.482. The second-order valence-electron chi connectivity index (χ2n) is 2.26. The maximum Gasteiger partial charge on any atom is 0.419 e. The Hall–Kier alpha value is -0.780. The molecule has 1 aromatic carbocycles. The van der Waals surface area contributed by atoms with Crippen LogP contribution >= 0.6 is 15.9 Å². The van der Waals surface area contributed by atoms with Crippen LogP contribution in [0.1, 0.15) is 5.56 Å². The van der Waals surface area contributed by atoms with Gasteiger partial charge in [-0.3, -0.25) is 0 Å². The van der Waals surface area contributed by atoms with Crippen molar-refractivity contribution in [2.24, 2.45) is 0 Å². The fraction of sp³-hybridized carbons (Fsp3) is 0.143. The number of phenolic OH excluding ortho intramolecular Hbond substituents is 1. The Labute approximate surface area is 79.1 Å². The molecule has 0 aliphatic carbocycles.